The highest BCUT2D eigenvalue weighted by Crippen LogP contribution is 2.40. The van der Waals surface area contributed by atoms with Gasteiger partial charge in [0.25, 0.3) is 5.91 Å². The maximum absolute atomic E-state index is 13.6. The van der Waals surface area contributed by atoms with Crippen LogP contribution in [0.1, 0.15) is 59.5 Å². The Kier molecular flexibility index (Phi) is 5.79. The Morgan fingerprint density at radius 3 is 2.64 bits per heavy atom. The maximum Gasteiger partial charge on any atom is 0.262 e. The fraction of sp³-hybridized carbons (Fsp3) is 0.667. The molecule has 28 heavy (non-hydrogen) atoms. The molecule has 0 aromatic carbocycles. The number of hydrogen-bond acceptors (Lipinski definition) is 4. The van der Waals surface area contributed by atoms with Crippen LogP contribution in [0.25, 0.3) is 0 Å². The number of hydrogen-bond donors (Lipinski definition) is 1. The molecule has 0 unspecified atom stereocenters. The van der Waals surface area contributed by atoms with Gasteiger partial charge >= 0.3 is 0 Å². The Morgan fingerprint density at radius 1 is 1.21 bits per heavy atom. The molecule has 1 aromatic heterocycles. The van der Waals surface area contributed by atoms with Crippen LogP contribution in [0.5, 0.6) is 0 Å². The minimum Gasteiger partial charge on any atom is -0.339 e. The Balaban J connectivity index is 1.56. The van der Waals surface area contributed by atoms with E-state index in [1.807, 2.05) is 13.0 Å². The molecule has 2 amide bonds. The number of nitrogens with zero attached hydrogens (tertiary/aromatic N) is 1. The second-order valence-corrected chi connectivity index (χ2v) is 10.2. The van der Waals surface area contributed by atoms with Crippen molar-refractivity contribution in [1.82, 2.24) is 10.2 Å². The van der Waals surface area contributed by atoms with Gasteiger partial charge in [0.05, 0.1) is 16.3 Å². The molecule has 0 radical (unpaired) electrons. The van der Waals surface area contributed by atoms with E-state index in [1.165, 1.54) is 17.8 Å². The normalized spacial score (nSPS) is 29.0. The van der Waals surface area contributed by atoms with E-state index in [-0.39, 0.29) is 34.8 Å². The average Bonchev–Trinajstić information content (AvgIpc) is 3.38. The van der Waals surface area contributed by atoms with E-state index in [4.69, 9.17) is 11.6 Å². The van der Waals surface area contributed by atoms with Crippen LogP contribution in [0, 0.1) is 18.8 Å². The Labute approximate surface area is 174 Å². The van der Waals surface area contributed by atoms with Gasteiger partial charge in [0.2, 0.25) is 5.91 Å². The van der Waals surface area contributed by atoms with Crippen molar-refractivity contribution in [2.24, 2.45) is 11.8 Å². The zero-order valence-electron chi connectivity index (χ0n) is 16.2. The Morgan fingerprint density at radius 2 is 1.96 bits per heavy atom. The van der Waals surface area contributed by atoms with E-state index >= 15 is 0 Å². The molecule has 5 nitrogen and oxygen atoms in total. The quantitative estimate of drug-likeness (QED) is 0.755. The van der Waals surface area contributed by atoms with Crippen LogP contribution in [0.3, 0.4) is 0 Å². The van der Waals surface area contributed by atoms with Gasteiger partial charge in [-0.1, -0.05) is 19.3 Å². The summed E-state index contributed by atoms with van der Waals surface area (Å²) in [5, 5.41) is 2.85. The van der Waals surface area contributed by atoms with E-state index in [1.54, 1.807) is 11.0 Å². The summed E-state index contributed by atoms with van der Waals surface area (Å²) in [7, 11) is 0. The summed E-state index contributed by atoms with van der Waals surface area (Å²) in [6, 6.07) is 2.74. The monoisotopic (exact) mass is 422 g/mol. The van der Waals surface area contributed by atoms with Crippen LogP contribution in [-0.4, -0.2) is 46.5 Å². The maximum atomic E-state index is 13.6. The number of amides is 2. The number of likely N-dealkylation sites (tertiary alicyclic amines) is 1. The fourth-order valence-electron chi connectivity index (χ4n) is 5.10. The SMILES string of the molecule is Cc1ccc(C(=O)N[C@H](C(=O)N2C[C@H](Cl)[C@H]3CCC(=O)[C@H]32)C2CCCCC2)s1. The minimum atomic E-state index is -0.578. The number of thiophene rings is 1. The Hall–Kier alpha value is -1.40. The minimum absolute atomic E-state index is 0.0563. The Bertz CT molecular complexity index is 773. The van der Waals surface area contributed by atoms with Crippen LogP contribution < -0.4 is 5.32 Å². The van der Waals surface area contributed by atoms with E-state index in [2.05, 4.69) is 5.32 Å². The number of Topliss-reactive ketones (excluding diaryl/α,β-unsaturated/α-hetero) is 1. The molecule has 2 aliphatic carbocycles. The smallest absolute Gasteiger partial charge is 0.262 e. The van der Waals surface area contributed by atoms with Crippen LogP contribution in [0.4, 0.5) is 0 Å². The molecule has 1 aromatic rings. The number of halogens is 1. The molecule has 3 fully saturated rings. The summed E-state index contributed by atoms with van der Waals surface area (Å²) >= 11 is 7.91. The highest BCUT2D eigenvalue weighted by molar-refractivity contribution is 7.13. The lowest BCUT2D eigenvalue weighted by Crippen LogP contribution is -2.55. The van der Waals surface area contributed by atoms with Gasteiger partial charge in [-0.15, -0.1) is 22.9 Å². The molecule has 4 atom stereocenters. The molecule has 0 bridgehead atoms. The molecular weight excluding hydrogens is 396 g/mol. The van der Waals surface area contributed by atoms with Gasteiger partial charge in [-0.25, -0.2) is 0 Å². The van der Waals surface area contributed by atoms with Gasteiger partial charge in [0.1, 0.15) is 6.04 Å². The van der Waals surface area contributed by atoms with E-state index in [0.29, 0.717) is 17.8 Å². The molecular formula is C21H27ClN2O3S. The molecule has 2 heterocycles. The van der Waals surface area contributed by atoms with E-state index in [0.717, 1.165) is 37.0 Å². The van der Waals surface area contributed by atoms with Crippen molar-refractivity contribution in [3.8, 4) is 0 Å². The lowest BCUT2D eigenvalue weighted by molar-refractivity contribution is -0.140. The summed E-state index contributed by atoms with van der Waals surface area (Å²) in [5.74, 6) is -0.0275. The largest absolute Gasteiger partial charge is 0.339 e. The second kappa shape index (κ2) is 8.15. The van der Waals surface area contributed by atoms with Gasteiger partial charge in [-0.05, 0) is 44.2 Å². The van der Waals surface area contributed by atoms with Crippen molar-refractivity contribution in [2.45, 2.75) is 69.3 Å². The predicted molar refractivity (Wildman–Crippen MR) is 110 cm³/mol. The first-order valence-corrected chi connectivity index (χ1v) is 11.6. The summed E-state index contributed by atoms with van der Waals surface area (Å²) in [6.45, 7) is 2.36. The highest BCUT2D eigenvalue weighted by Gasteiger charge is 2.52. The third-order valence-corrected chi connectivity index (χ3v) is 8.01. The van der Waals surface area contributed by atoms with Crippen molar-refractivity contribution >= 4 is 40.5 Å². The summed E-state index contributed by atoms with van der Waals surface area (Å²) in [4.78, 5) is 42.2. The van der Waals surface area contributed by atoms with Gasteiger partial charge in [-0.3, -0.25) is 14.4 Å². The average molecular weight is 423 g/mol. The third kappa shape index (κ3) is 3.73. The number of carbonyl (C=O) groups is 3. The molecule has 2 saturated carbocycles. The molecule has 1 saturated heterocycles. The fourth-order valence-corrected chi connectivity index (χ4v) is 6.28. The number of ketones is 1. The second-order valence-electron chi connectivity index (χ2n) is 8.38. The number of rotatable bonds is 4. The first-order chi connectivity index (χ1) is 13.5. The highest BCUT2D eigenvalue weighted by atomic mass is 35.5. The number of alkyl halides is 1. The zero-order valence-corrected chi connectivity index (χ0v) is 17.7. The topological polar surface area (TPSA) is 66.5 Å². The molecule has 1 N–H and O–H groups in total. The number of nitrogens with one attached hydrogen (secondary N) is 1. The van der Waals surface area contributed by atoms with Gasteiger partial charge in [-0.2, -0.15) is 0 Å². The van der Waals surface area contributed by atoms with Crippen LogP contribution in [0.15, 0.2) is 12.1 Å². The first-order valence-electron chi connectivity index (χ1n) is 10.3. The van der Waals surface area contributed by atoms with Crippen LogP contribution in [0.2, 0.25) is 0 Å². The zero-order chi connectivity index (χ0) is 19.8. The number of aryl methyl sites for hydroxylation is 1. The molecule has 1 aliphatic heterocycles. The van der Waals surface area contributed by atoms with Crippen molar-refractivity contribution < 1.29 is 14.4 Å². The standard InChI is InChI=1S/C21H27ClN2O3S/c1-12-7-10-17(28-12)20(26)23-18(13-5-3-2-4-6-13)21(27)24-11-15(22)14-8-9-16(25)19(14)24/h7,10,13-15,18-19H,2-6,8-9,11H2,1H3,(H,23,26)/t14-,15+,18+,19+/m1/s1. The molecule has 7 heteroatoms. The van der Waals surface area contributed by atoms with Crippen molar-refractivity contribution in [3.63, 3.8) is 0 Å². The van der Waals surface area contributed by atoms with Crippen LogP contribution >= 0.6 is 22.9 Å². The number of carbonyl (C=O) groups excluding carboxylic acids is 3. The molecule has 4 rings (SSSR count). The van der Waals surface area contributed by atoms with Crippen molar-refractivity contribution in [2.75, 3.05) is 6.54 Å². The summed E-state index contributed by atoms with van der Waals surface area (Å²) in [6.07, 6.45) is 6.44. The molecule has 0 spiro atoms. The third-order valence-electron chi connectivity index (χ3n) is 6.55. The van der Waals surface area contributed by atoms with Crippen molar-refractivity contribution in [3.05, 3.63) is 21.9 Å². The van der Waals surface area contributed by atoms with E-state index in [9.17, 15) is 14.4 Å². The predicted octanol–water partition coefficient (Wildman–Crippen LogP) is 3.53. The van der Waals surface area contributed by atoms with Crippen LogP contribution in [-0.2, 0) is 9.59 Å². The van der Waals surface area contributed by atoms with Gasteiger partial charge in [0.15, 0.2) is 5.78 Å². The molecule has 152 valence electrons. The lowest BCUT2D eigenvalue weighted by Gasteiger charge is -2.34. The number of fused-ring (bicyclic) bond motifs is 1. The van der Waals surface area contributed by atoms with E-state index < -0.39 is 12.1 Å². The van der Waals surface area contributed by atoms with Gasteiger partial charge in [0, 0.05) is 23.8 Å². The first kappa shape index (κ1) is 19.9. The summed E-state index contributed by atoms with van der Waals surface area (Å²) in [5.41, 5.74) is 0. The summed E-state index contributed by atoms with van der Waals surface area (Å²) < 4.78 is 0. The van der Waals surface area contributed by atoms with Crippen molar-refractivity contribution in [1.29, 1.82) is 0 Å². The van der Waals surface area contributed by atoms with Gasteiger partial charge < -0.3 is 10.2 Å². The molecule has 3 aliphatic rings. The lowest BCUT2D eigenvalue weighted by atomic mass is 9.83.